The second-order valence-corrected chi connectivity index (χ2v) is 8.40. The molecule has 2 N–H and O–H groups in total. The summed E-state index contributed by atoms with van der Waals surface area (Å²) < 4.78 is 0. The molecule has 0 aromatic carbocycles. The highest BCUT2D eigenvalue weighted by atomic mass is 32.2. The average molecular weight is 433 g/mol. The SMILES string of the molecule is CSc1ncccc1C(=O)N1CCC(CNC(=O)C(=O)NCc2ccsc2)CC1. The summed E-state index contributed by atoms with van der Waals surface area (Å²) in [6, 6.07) is 5.49. The summed E-state index contributed by atoms with van der Waals surface area (Å²) in [4.78, 5) is 42.7. The maximum absolute atomic E-state index is 12.8. The Hall–Kier alpha value is -2.39. The topological polar surface area (TPSA) is 91.4 Å². The van der Waals surface area contributed by atoms with Gasteiger partial charge < -0.3 is 15.5 Å². The molecule has 0 bridgehead atoms. The first-order valence-corrected chi connectivity index (χ1v) is 11.6. The number of aromatic nitrogens is 1. The minimum atomic E-state index is -0.620. The number of thioether (sulfide) groups is 1. The van der Waals surface area contributed by atoms with Crippen molar-refractivity contribution in [2.24, 2.45) is 5.92 Å². The third kappa shape index (κ3) is 5.80. The Morgan fingerprint density at radius 2 is 1.97 bits per heavy atom. The Labute approximate surface area is 178 Å². The summed E-state index contributed by atoms with van der Waals surface area (Å²) in [5, 5.41) is 9.92. The molecule has 0 saturated carbocycles. The van der Waals surface area contributed by atoms with Crippen LogP contribution in [0.25, 0.3) is 0 Å². The standard InChI is InChI=1S/C20H24N4O3S2/c1-28-19-16(3-2-7-21-19)20(27)24-8-4-14(5-9-24)11-22-17(25)18(26)23-12-15-6-10-29-13-15/h2-3,6-7,10,13-14H,4-5,8-9,11-12H2,1H3,(H,22,25)(H,23,26). The third-order valence-corrected chi connectivity index (χ3v) is 6.33. The lowest BCUT2D eigenvalue weighted by molar-refractivity contribution is -0.139. The molecule has 0 atom stereocenters. The van der Waals surface area contributed by atoms with Gasteiger partial charge in [0.2, 0.25) is 0 Å². The number of nitrogens with zero attached hydrogens (tertiary/aromatic N) is 2. The molecule has 3 heterocycles. The largest absolute Gasteiger partial charge is 0.348 e. The van der Waals surface area contributed by atoms with Gasteiger partial charge in [-0.05, 0) is 59.5 Å². The Morgan fingerprint density at radius 1 is 1.21 bits per heavy atom. The fourth-order valence-corrected chi connectivity index (χ4v) is 4.41. The van der Waals surface area contributed by atoms with E-state index < -0.39 is 11.8 Å². The van der Waals surface area contributed by atoms with E-state index in [1.807, 2.05) is 34.0 Å². The van der Waals surface area contributed by atoms with Gasteiger partial charge in [0.05, 0.1) is 5.56 Å². The van der Waals surface area contributed by atoms with Crippen LogP contribution in [0.1, 0.15) is 28.8 Å². The van der Waals surface area contributed by atoms with Crippen molar-refractivity contribution in [1.29, 1.82) is 0 Å². The lowest BCUT2D eigenvalue weighted by Crippen LogP contribution is -2.44. The molecule has 3 rings (SSSR count). The predicted octanol–water partition coefficient (Wildman–Crippen LogP) is 2.15. The van der Waals surface area contributed by atoms with Crippen molar-refractivity contribution in [3.8, 4) is 0 Å². The van der Waals surface area contributed by atoms with Crippen molar-refractivity contribution in [1.82, 2.24) is 20.5 Å². The average Bonchev–Trinajstić information content (AvgIpc) is 3.29. The molecule has 2 aromatic heterocycles. The van der Waals surface area contributed by atoms with Crippen molar-refractivity contribution in [2.45, 2.75) is 24.4 Å². The van der Waals surface area contributed by atoms with Crippen molar-refractivity contribution in [3.63, 3.8) is 0 Å². The number of rotatable bonds is 6. The lowest BCUT2D eigenvalue weighted by Gasteiger charge is -2.32. The molecular weight excluding hydrogens is 408 g/mol. The molecule has 9 heteroatoms. The maximum Gasteiger partial charge on any atom is 0.309 e. The van der Waals surface area contributed by atoms with Gasteiger partial charge in [0.25, 0.3) is 5.91 Å². The number of piperidine rings is 1. The number of nitrogens with one attached hydrogen (secondary N) is 2. The van der Waals surface area contributed by atoms with Crippen LogP contribution in [-0.2, 0) is 16.1 Å². The smallest absolute Gasteiger partial charge is 0.309 e. The number of thiophene rings is 1. The molecule has 0 aliphatic carbocycles. The first kappa shape index (κ1) is 21.3. The van der Waals surface area contributed by atoms with Gasteiger partial charge in [-0.2, -0.15) is 11.3 Å². The highest BCUT2D eigenvalue weighted by molar-refractivity contribution is 7.98. The van der Waals surface area contributed by atoms with Gasteiger partial charge in [-0.3, -0.25) is 14.4 Å². The lowest BCUT2D eigenvalue weighted by atomic mass is 9.96. The fraction of sp³-hybridized carbons (Fsp3) is 0.400. The quantitative estimate of drug-likeness (QED) is 0.539. The third-order valence-electron chi connectivity index (χ3n) is 4.89. The monoisotopic (exact) mass is 432 g/mol. The summed E-state index contributed by atoms with van der Waals surface area (Å²) >= 11 is 3.01. The zero-order valence-electron chi connectivity index (χ0n) is 16.2. The Balaban J connectivity index is 1.41. The van der Waals surface area contributed by atoms with E-state index >= 15 is 0 Å². The van der Waals surface area contributed by atoms with Crippen LogP contribution in [0.2, 0.25) is 0 Å². The van der Waals surface area contributed by atoms with E-state index in [4.69, 9.17) is 0 Å². The number of likely N-dealkylation sites (tertiary alicyclic amines) is 1. The molecule has 0 unspecified atom stereocenters. The van der Waals surface area contributed by atoms with Gasteiger partial charge in [-0.15, -0.1) is 11.8 Å². The second-order valence-electron chi connectivity index (χ2n) is 6.82. The van der Waals surface area contributed by atoms with E-state index in [9.17, 15) is 14.4 Å². The van der Waals surface area contributed by atoms with Crippen LogP contribution < -0.4 is 10.6 Å². The van der Waals surface area contributed by atoms with Crippen molar-refractivity contribution >= 4 is 40.8 Å². The van der Waals surface area contributed by atoms with Crippen LogP contribution in [0.15, 0.2) is 40.2 Å². The minimum absolute atomic E-state index is 0.00209. The van der Waals surface area contributed by atoms with Gasteiger partial charge in [-0.25, -0.2) is 4.98 Å². The molecule has 2 aromatic rings. The van der Waals surface area contributed by atoms with Crippen molar-refractivity contribution < 1.29 is 14.4 Å². The maximum atomic E-state index is 12.8. The van der Waals surface area contributed by atoms with Crippen LogP contribution in [-0.4, -0.2) is 53.5 Å². The predicted molar refractivity (Wildman–Crippen MR) is 114 cm³/mol. The Kier molecular flexibility index (Phi) is 7.65. The highest BCUT2D eigenvalue weighted by Gasteiger charge is 2.26. The second kappa shape index (κ2) is 10.4. The van der Waals surface area contributed by atoms with Crippen LogP contribution in [0.4, 0.5) is 0 Å². The number of hydrogen-bond acceptors (Lipinski definition) is 6. The van der Waals surface area contributed by atoms with Gasteiger partial charge in [0.1, 0.15) is 5.03 Å². The molecule has 1 aliphatic rings. The van der Waals surface area contributed by atoms with E-state index in [1.54, 1.807) is 23.6 Å². The molecule has 0 spiro atoms. The van der Waals surface area contributed by atoms with E-state index in [0.29, 0.717) is 31.7 Å². The Morgan fingerprint density at radius 3 is 2.66 bits per heavy atom. The van der Waals surface area contributed by atoms with E-state index in [2.05, 4.69) is 15.6 Å². The normalized spacial score (nSPS) is 14.4. The number of carbonyl (C=O) groups is 3. The van der Waals surface area contributed by atoms with Gasteiger partial charge in [-0.1, -0.05) is 0 Å². The fourth-order valence-electron chi connectivity index (χ4n) is 3.20. The zero-order chi connectivity index (χ0) is 20.6. The van der Waals surface area contributed by atoms with Crippen molar-refractivity contribution in [2.75, 3.05) is 25.9 Å². The summed E-state index contributed by atoms with van der Waals surface area (Å²) in [5.74, 6) is -0.983. The van der Waals surface area contributed by atoms with Gasteiger partial charge in [0, 0.05) is 32.4 Å². The molecule has 1 fully saturated rings. The molecule has 154 valence electrons. The molecule has 3 amide bonds. The number of pyridine rings is 1. The minimum Gasteiger partial charge on any atom is -0.348 e. The van der Waals surface area contributed by atoms with Crippen LogP contribution in [0.5, 0.6) is 0 Å². The molecule has 0 radical (unpaired) electrons. The summed E-state index contributed by atoms with van der Waals surface area (Å²) in [7, 11) is 0. The molecule has 7 nitrogen and oxygen atoms in total. The summed E-state index contributed by atoms with van der Waals surface area (Å²) in [5.41, 5.74) is 1.61. The zero-order valence-corrected chi connectivity index (χ0v) is 17.9. The Bertz CT molecular complexity index is 849. The number of amides is 3. The van der Waals surface area contributed by atoms with E-state index in [0.717, 1.165) is 23.4 Å². The molecular formula is C20H24N4O3S2. The van der Waals surface area contributed by atoms with Crippen LogP contribution in [0, 0.1) is 5.92 Å². The first-order valence-electron chi connectivity index (χ1n) is 9.44. The van der Waals surface area contributed by atoms with Gasteiger partial charge >= 0.3 is 11.8 Å². The van der Waals surface area contributed by atoms with Crippen LogP contribution >= 0.6 is 23.1 Å². The molecule has 29 heavy (non-hydrogen) atoms. The summed E-state index contributed by atoms with van der Waals surface area (Å²) in [6.07, 6.45) is 5.17. The summed E-state index contributed by atoms with van der Waals surface area (Å²) in [6.45, 7) is 2.05. The van der Waals surface area contributed by atoms with E-state index in [-0.39, 0.29) is 11.8 Å². The highest BCUT2D eigenvalue weighted by Crippen LogP contribution is 2.22. The van der Waals surface area contributed by atoms with Crippen LogP contribution in [0.3, 0.4) is 0 Å². The first-order chi connectivity index (χ1) is 14.1. The van der Waals surface area contributed by atoms with E-state index in [1.165, 1.54) is 11.8 Å². The number of hydrogen-bond donors (Lipinski definition) is 2. The van der Waals surface area contributed by atoms with Crippen molar-refractivity contribution in [3.05, 3.63) is 46.3 Å². The molecule has 1 saturated heterocycles. The molecule has 1 aliphatic heterocycles. The number of carbonyl (C=O) groups excluding carboxylic acids is 3. The van der Waals surface area contributed by atoms with Gasteiger partial charge in [0.15, 0.2) is 0 Å².